The van der Waals surface area contributed by atoms with Crippen LogP contribution in [0.5, 0.6) is 0 Å². The van der Waals surface area contributed by atoms with Crippen LogP contribution in [0, 0.1) is 11.3 Å². The van der Waals surface area contributed by atoms with Gasteiger partial charge in [-0.05, 0) is 73.7 Å². The van der Waals surface area contributed by atoms with E-state index in [1.165, 1.54) is 4.57 Å². The number of hydrogen-bond donors (Lipinski definition) is 1. The first-order valence-electron chi connectivity index (χ1n) is 9.07. The third kappa shape index (κ3) is 4.27. The number of nitrogens with one attached hydrogen (secondary N) is 1. The van der Waals surface area contributed by atoms with Crippen LogP contribution in [0.3, 0.4) is 0 Å². The van der Waals surface area contributed by atoms with Gasteiger partial charge >= 0.3 is 0 Å². The molecule has 0 aliphatic carbocycles. The predicted octanol–water partition coefficient (Wildman–Crippen LogP) is 4.73. The standard InChI is InChI=1S/C22H15Br2N5O/c23-17-10-19(24)22(30)29(13-17)20-6-3-15(12-28-20)9-18(21-26-7-8-27-21)16-4-1-14(11-25)2-5-16/h1-8,10,12-13,18H,9H2,(H,26,27). The molecular weight excluding hydrogens is 510 g/mol. The average molecular weight is 525 g/mol. The lowest BCUT2D eigenvalue weighted by atomic mass is 9.91. The molecule has 3 heterocycles. The highest BCUT2D eigenvalue weighted by molar-refractivity contribution is 9.11. The molecule has 0 saturated carbocycles. The number of pyridine rings is 2. The molecule has 0 amide bonds. The molecule has 148 valence electrons. The summed E-state index contributed by atoms with van der Waals surface area (Å²) >= 11 is 6.68. The quantitative estimate of drug-likeness (QED) is 0.409. The molecule has 1 unspecified atom stereocenters. The first-order valence-corrected chi connectivity index (χ1v) is 10.7. The SMILES string of the molecule is N#Cc1ccc(C(Cc2ccc(-n3cc(Br)cc(Br)c3=O)nc2)c2ncc[nH]2)cc1. The van der Waals surface area contributed by atoms with E-state index in [0.29, 0.717) is 22.3 Å². The highest BCUT2D eigenvalue weighted by atomic mass is 79.9. The number of aromatic nitrogens is 4. The maximum atomic E-state index is 12.4. The Balaban J connectivity index is 1.64. The Hall–Kier alpha value is -3.02. The molecule has 6 nitrogen and oxygen atoms in total. The summed E-state index contributed by atoms with van der Waals surface area (Å²) in [6, 6.07) is 15.2. The summed E-state index contributed by atoms with van der Waals surface area (Å²) in [5.74, 6) is 1.37. The molecule has 0 aliphatic rings. The van der Waals surface area contributed by atoms with E-state index in [0.717, 1.165) is 21.4 Å². The molecule has 0 aliphatic heterocycles. The molecule has 30 heavy (non-hydrogen) atoms. The topological polar surface area (TPSA) is 87.4 Å². The molecule has 0 saturated heterocycles. The number of aromatic amines is 1. The van der Waals surface area contributed by atoms with E-state index in [4.69, 9.17) is 5.26 Å². The lowest BCUT2D eigenvalue weighted by Gasteiger charge is -2.16. The van der Waals surface area contributed by atoms with Crippen molar-refractivity contribution in [2.45, 2.75) is 12.3 Å². The monoisotopic (exact) mass is 523 g/mol. The minimum Gasteiger partial charge on any atom is -0.348 e. The van der Waals surface area contributed by atoms with Crippen LogP contribution in [0.15, 0.2) is 81.0 Å². The Morgan fingerprint density at radius 1 is 1.13 bits per heavy atom. The van der Waals surface area contributed by atoms with Crippen LogP contribution < -0.4 is 5.56 Å². The second-order valence-corrected chi connectivity index (χ2v) is 8.44. The zero-order valence-corrected chi connectivity index (χ0v) is 18.8. The normalized spacial score (nSPS) is 11.8. The summed E-state index contributed by atoms with van der Waals surface area (Å²) in [6.45, 7) is 0. The number of halogens is 2. The van der Waals surface area contributed by atoms with E-state index in [9.17, 15) is 4.79 Å². The van der Waals surface area contributed by atoms with Gasteiger partial charge in [0.1, 0.15) is 11.6 Å². The smallest absolute Gasteiger partial charge is 0.270 e. The molecule has 1 N–H and O–H groups in total. The molecule has 1 aromatic carbocycles. The van der Waals surface area contributed by atoms with Gasteiger partial charge in [0, 0.05) is 35.2 Å². The van der Waals surface area contributed by atoms with Crippen molar-refractivity contribution in [1.82, 2.24) is 19.5 Å². The van der Waals surface area contributed by atoms with E-state index in [2.05, 4.69) is 52.9 Å². The van der Waals surface area contributed by atoms with Gasteiger partial charge in [0.25, 0.3) is 5.56 Å². The van der Waals surface area contributed by atoms with Gasteiger partial charge in [-0.25, -0.2) is 9.97 Å². The van der Waals surface area contributed by atoms with E-state index >= 15 is 0 Å². The first-order chi connectivity index (χ1) is 14.5. The summed E-state index contributed by atoms with van der Waals surface area (Å²) in [6.07, 6.45) is 7.66. The highest BCUT2D eigenvalue weighted by Crippen LogP contribution is 2.26. The van der Waals surface area contributed by atoms with Crippen molar-refractivity contribution in [3.05, 3.63) is 109 Å². The van der Waals surface area contributed by atoms with Crippen molar-refractivity contribution in [1.29, 1.82) is 5.26 Å². The number of imidazole rings is 1. The van der Waals surface area contributed by atoms with Crippen LogP contribution in [0.1, 0.15) is 28.4 Å². The van der Waals surface area contributed by atoms with Crippen molar-refractivity contribution in [2.75, 3.05) is 0 Å². The lowest BCUT2D eigenvalue weighted by Crippen LogP contribution is -2.19. The van der Waals surface area contributed by atoms with E-state index in [1.807, 2.05) is 36.4 Å². The Morgan fingerprint density at radius 2 is 1.93 bits per heavy atom. The number of hydrogen-bond acceptors (Lipinski definition) is 4. The Morgan fingerprint density at radius 3 is 2.57 bits per heavy atom. The van der Waals surface area contributed by atoms with Crippen LogP contribution >= 0.6 is 31.9 Å². The fourth-order valence-corrected chi connectivity index (χ4v) is 4.41. The van der Waals surface area contributed by atoms with Crippen molar-refractivity contribution in [2.24, 2.45) is 0 Å². The van der Waals surface area contributed by atoms with E-state index < -0.39 is 0 Å². The Kier molecular flexibility index (Phi) is 5.93. The van der Waals surface area contributed by atoms with Gasteiger partial charge in [-0.3, -0.25) is 9.36 Å². The third-order valence-corrected chi connectivity index (χ3v) is 5.73. The molecular formula is C22H15Br2N5O. The highest BCUT2D eigenvalue weighted by Gasteiger charge is 2.18. The molecule has 4 aromatic rings. The predicted molar refractivity (Wildman–Crippen MR) is 121 cm³/mol. The molecule has 0 bridgehead atoms. The molecule has 4 rings (SSSR count). The largest absolute Gasteiger partial charge is 0.348 e. The Labute approximate surface area is 189 Å². The van der Waals surface area contributed by atoms with Gasteiger partial charge in [0.15, 0.2) is 0 Å². The summed E-state index contributed by atoms with van der Waals surface area (Å²) < 4.78 is 2.72. The van der Waals surface area contributed by atoms with Gasteiger partial charge in [0.05, 0.1) is 16.1 Å². The van der Waals surface area contributed by atoms with Crippen molar-refractivity contribution >= 4 is 31.9 Å². The number of rotatable bonds is 5. The molecule has 8 heteroatoms. The maximum absolute atomic E-state index is 12.4. The van der Waals surface area contributed by atoms with Crippen molar-refractivity contribution in [3.63, 3.8) is 0 Å². The van der Waals surface area contributed by atoms with Gasteiger partial charge < -0.3 is 4.98 Å². The maximum Gasteiger partial charge on any atom is 0.270 e. The van der Waals surface area contributed by atoms with Crippen LogP contribution in [-0.2, 0) is 6.42 Å². The molecule has 0 radical (unpaired) electrons. The minimum atomic E-state index is -0.176. The zero-order valence-electron chi connectivity index (χ0n) is 15.6. The summed E-state index contributed by atoms with van der Waals surface area (Å²) in [7, 11) is 0. The fraction of sp³-hybridized carbons (Fsp3) is 0.0909. The third-order valence-electron chi connectivity index (χ3n) is 4.73. The number of H-pyrrole nitrogens is 1. The average Bonchev–Trinajstić information content (AvgIpc) is 3.30. The van der Waals surface area contributed by atoms with Gasteiger partial charge in [-0.15, -0.1) is 0 Å². The second-order valence-electron chi connectivity index (χ2n) is 6.67. The van der Waals surface area contributed by atoms with Crippen LogP contribution in [0.2, 0.25) is 0 Å². The number of nitrogens with zero attached hydrogens (tertiary/aromatic N) is 4. The van der Waals surface area contributed by atoms with Crippen molar-refractivity contribution in [3.8, 4) is 11.9 Å². The number of benzene rings is 1. The lowest BCUT2D eigenvalue weighted by molar-refractivity contribution is 0.748. The summed E-state index contributed by atoms with van der Waals surface area (Å²) in [4.78, 5) is 24.5. The summed E-state index contributed by atoms with van der Waals surface area (Å²) in [5.41, 5.74) is 2.50. The van der Waals surface area contributed by atoms with Gasteiger partial charge in [-0.2, -0.15) is 5.26 Å². The van der Waals surface area contributed by atoms with Crippen LogP contribution in [0.25, 0.3) is 5.82 Å². The minimum absolute atomic E-state index is 0.0110. The van der Waals surface area contributed by atoms with E-state index in [1.54, 1.807) is 30.9 Å². The second kappa shape index (κ2) is 8.78. The molecule has 3 aromatic heterocycles. The Bertz CT molecular complexity index is 1260. The molecule has 0 fully saturated rings. The van der Waals surface area contributed by atoms with E-state index in [-0.39, 0.29) is 11.5 Å². The fourth-order valence-electron chi connectivity index (χ4n) is 3.23. The van der Waals surface area contributed by atoms with Gasteiger partial charge in [-0.1, -0.05) is 18.2 Å². The molecule has 1 atom stereocenters. The summed E-state index contributed by atoms with van der Waals surface area (Å²) in [5, 5.41) is 9.05. The number of nitriles is 1. The molecule has 0 spiro atoms. The van der Waals surface area contributed by atoms with Crippen LogP contribution in [-0.4, -0.2) is 19.5 Å². The first kappa shape index (κ1) is 20.3. The van der Waals surface area contributed by atoms with Crippen molar-refractivity contribution < 1.29 is 0 Å². The zero-order chi connectivity index (χ0) is 21.1. The van der Waals surface area contributed by atoms with Gasteiger partial charge in [0.2, 0.25) is 0 Å². The van der Waals surface area contributed by atoms with Crippen LogP contribution in [0.4, 0.5) is 0 Å².